The predicted octanol–water partition coefficient (Wildman–Crippen LogP) is 2.14. The Labute approximate surface area is 138 Å². The molecule has 2 amide bonds. The summed E-state index contributed by atoms with van der Waals surface area (Å²) in [5.41, 5.74) is 1.05. The van der Waals surface area contributed by atoms with E-state index < -0.39 is 0 Å². The van der Waals surface area contributed by atoms with E-state index in [1.165, 1.54) is 38.8 Å². The lowest BCUT2D eigenvalue weighted by Crippen LogP contribution is -2.47. The van der Waals surface area contributed by atoms with E-state index in [1.54, 1.807) is 4.68 Å². The van der Waals surface area contributed by atoms with Crippen molar-refractivity contribution < 1.29 is 4.79 Å². The normalized spacial score (nSPS) is 24.4. The van der Waals surface area contributed by atoms with E-state index in [2.05, 4.69) is 15.3 Å². The monoisotopic (exact) mass is 319 g/mol. The molecule has 2 aliphatic heterocycles. The molecule has 0 aliphatic carbocycles. The van der Waals surface area contributed by atoms with Crippen molar-refractivity contribution in [3.8, 4) is 0 Å². The molecule has 6 heteroatoms. The fraction of sp³-hybridized carbons (Fsp3) is 0.765. The number of aryl methyl sites for hydroxylation is 1. The molecule has 0 radical (unpaired) electrons. The Balaban J connectivity index is 1.58. The van der Waals surface area contributed by atoms with E-state index in [-0.39, 0.29) is 12.1 Å². The number of hydrogen-bond acceptors (Lipinski definition) is 3. The summed E-state index contributed by atoms with van der Waals surface area (Å²) in [7, 11) is 1.90. The smallest absolute Gasteiger partial charge is 0.317 e. The number of urea groups is 1. The highest BCUT2D eigenvalue weighted by molar-refractivity contribution is 5.74. The van der Waals surface area contributed by atoms with Gasteiger partial charge in [0.2, 0.25) is 0 Å². The van der Waals surface area contributed by atoms with Crippen LogP contribution in [0.5, 0.6) is 0 Å². The van der Waals surface area contributed by atoms with Crippen molar-refractivity contribution in [2.24, 2.45) is 7.05 Å². The van der Waals surface area contributed by atoms with Crippen LogP contribution in [0.4, 0.5) is 4.79 Å². The Bertz CT molecular complexity index is 523. The number of likely N-dealkylation sites (tertiary alicyclic amines) is 2. The zero-order valence-corrected chi connectivity index (χ0v) is 14.4. The minimum absolute atomic E-state index is 0.00955. The molecular formula is C17H29N5O. The van der Waals surface area contributed by atoms with Crippen molar-refractivity contribution in [2.75, 3.05) is 26.2 Å². The van der Waals surface area contributed by atoms with Crippen molar-refractivity contribution >= 4 is 6.03 Å². The van der Waals surface area contributed by atoms with Crippen LogP contribution in [0.1, 0.15) is 50.6 Å². The Hall–Kier alpha value is -1.56. The Morgan fingerprint density at radius 2 is 2.00 bits per heavy atom. The number of nitrogens with zero attached hydrogens (tertiary/aromatic N) is 4. The van der Waals surface area contributed by atoms with Gasteiger partial charge in [0, 0.05) is 37.9 Å². The van der Waals surface area contributed by atoms with Crippen molar-refractivity contribution in [1.82, 2.24) is 24.9 Å². The highest BCUT2D eigenvalue weighted by Crippen LogP contribution is 2.21. The molecule has 23 heavy (non-hydrogen) atoms. The molecule has 2 aliphatic rings. The van der Waals surface area contributed by atoms with E-state index in [0.29, 0.717) is 6.04 Å². The van der Waals surface area contributed by atoms with E-state index in [4.69, 9.17) is 0 Å². The Kier molecular flexibility index (Phi) is 5.20. The number of aromatic nitrogens is 2. The van der Waals surface area contributed by atoms with Gasteiger partial charge in [0.15, 0.2) is 0 Å². The van der Waals surface area contributed by atoms with Gasteiger partial charge in [-0.3, -0.25) is 9.58 Å². The van der Waals surface area contributed by atoms with Gasteiger partial charge in [-0.05, 0) is 45.7 Å². The lowest BCUT2D eigenvalue weighted by Gasteiger charge is -2.31. The molecule has 0 spiro atoms. The molecule has 1 aromatic rings. The van der Waals surface area contributed by atoms with E-state index in [0.717, 1.165) is 25.1 Å². The maximum atomic E-state index is 12.7. The van der Waals surface area contributed by atoms with Gasteiger partial charge in [0.05, 0.1) is 12.2 Å². The third kappa shape index (κ3) is 4.05. The summed E-state index contributed by atoms with van der Waals surface area (Å²) in [6.45, 7) is 6.16. The minimum atomic E-state index is -0.00955. The number of amides is 2. The molecule has 128 valence electrons. The highest BCUT2D eigenvalue weighted by Gasteiger charge is 2.28. The third-order valence-electron chi connectivity index (χ3n) is 5.16. The molecule has 1 aromatic heterocycles. The van der Waals surface area contributed by atoms with Crippen LogP contribution in [0.2, 0.25) is 0 Å². The van der Waals surface area contributed by atoms with Crippen molar-refractivity contribution in [1.29, 1.82) is 0 Å². The fourth-order valence-electron chi connectivity index (χ4n) is 3.73. The lowest BCUT2D eigenvalue weighted by molar-refractivity contribution is 0.164. The molecule has 2 atom stereocenters. The van der Waals surface area contributed by atoms with Crippen LogP contribution in [-0.4, -0.2) is 57.8 Å². The van der Waals surface area contributed by atoms with Gasteiger partial charge in [-0.2, -0.15) is 5.10 Å². The maximum absolute atomic E-state index is 12.7. The standard InChI is InChI=1S/C17H29N5O/c1-14(15-11-18-20(2)12-15)19-17(23)22-10-4-3-7-16(13-22)21-8-5-6-9-21/h11-12,14,16H,3-10,13H2,1-2H3,(H,19,23). The number of carbonyl (C=O) groups is 1. The average molecular weight is 319 g/mol. The summed E-state index contributed by atoms with van der Waals surface area (Å²) < 4.78 is 1.77. The molecule has 1 N–H and O–H groups in total. The van der Waals surface area contributed by atoms with Crippen LogP contribution in [0.25, 0.3) is 0 Å². The molecule has 0 bridgehead atoms. The quantitative estimate of drug-likeness (QED) is 0.929. The number of hydrogen-bond donors (Lipinski definition) is 1. The summed E-state index contributed by atoms with van der Waals surface area (Å²) in [5, 5.41) is 7.32. The van der Waals surface area contributed by atoms with E-state index >= 15 is 0 Å². The molecule has 2 saturated heterocycles. The second-order valence-corrected chi connectivity index (χ2v) is 6.96. The van der Waals surface area contributed by atoms with Crippen molar-refractivity contribution in [3.05, 3.63) is 18.0 Å². The predicted molar refractivity (Wildman–Crippen MR) is 90.2 cm³/mol. The molecule has 0 saturated carbocycles. The number of rotatable bonds is 3. The molecule has 6 nitrogen and oxygen atoms in total. The fourth-order valence-corrected chi connectivity index (χ4v) is 3.73. The van der Waals surface area contributed by atoms with Gasteiger partial charge in [0.1, 0.15) is 0 Å². The zero-order chi connectivity index (χ0) is 16.2. The van der Waals surface area contributed by atoms with E-state index in [1.807, 2.05) is 31.3 Å². The second kappa shape index (κ2) is 7.34. The first-order chi connectivity index (χ1) is 11.1. The second-order valence-electron chi connectivity index (χ2n) is 6.96. The number of carbonyl (C=O) groups excluding carboxylic acids is 1. The first kappa shape index (κ1) is 16.3. The van der Waals surface area contributed by atoms with Crippen molar-refractivity contribution in [2.45, 2.75) is 51.1 Å². The van der Waals surface area contributed by atoms with Gasteiger partial charge in [-0.1, -0.05) is 6.42 Å². The van der Waals surface area contributed by atoms with Crippen LogP contribution in [0.15, 0.2) is 12.4 Å². The molecule has 0 aromatic carbocycles. The highest BCUT2D eigenvalue weighted by atomic mass is 16.2. The topological polar surface area (TPSA) is 53.4 Å². The van der Waals surface area contributed by atoms with E-state index in [9.17, 15) is 4.79 Å². The summed E-state index contributed by atoms with van der Waals surface area (Å²) in [6.07, 6.45) is 9.95. The van der Waals surface area contributed by atoms with Crippen LogP contribution in [0, 0.1) is 0 Å². The molecule has 3 rings (SSSR count). The first-order valence-corrected chi connectivity index (χ1v) is 8.91. The van der Waals surface area contributed by atoms with Crippen LogP contribution in [-0.2, 0) is 7.05 Å². The van der Waals surface area contributed by atoms with Gasteiger partial charge in [-0.15, -0.1) is 0 Å². The van der Waals surface area contributed by atoms with Gasteiger partial charge >= 0.3 is 6.03 Å². The van der Waals surface area contributed by atoms with Gasteiger partial charge in [0.25, 0.3) is 0 Å². The average Bonchev–Trinajstić information content (AvgIpc) is 3.14. The first-order valence-electron chi connectivity index (χ1n) is 8.91. The molecule has 2 unspecified atom stereocenters. The summed E-state index contributed by atoms with van der Waals surface area (Å²) >= 11 is 0. The minimum Gasteiger partial charge on any atom is -0.331 e. The molecule has 2 fully saturated rings. The van der Waals surface area contributed by atoms with Crippen LogP contribution < -0.4 is 5.32 Å². The zero-order valence-electron chi connectivity index (χ0n) is 14.4. The third-order valence-corrected chi connectivity index (χ3v) is 5.16. The van der Waals surface area contributed by atoms with Crippen LogP contribution >= 0.6 is 0 Å². The van der Waals surface area contributed by atoms with Gasteiger partial charge < -0.3 is 10.2 Å². The lowest BCUT2D eigenvalue weighted by atomic mass is 10.1. The Morgan fingerprint density at radius 1 is 1.26 bits per heavy atom. The summed E-state index contributed by atoms with van der Waals surface area (Å²) in [5.74, 6) is 0. The summed E-state index contributed by atoms with van der Waals surface area (Å²) in [4.78, 5) is 17.3. The van der Waals surface area contributed by atoms with Crippen LogP contribution in [0.3, 0.4) is 0 Å². The maximum Gasteiger partial charge on any atom is 0.317 e. The number of nitrogens with one attached hydrogen (secondary N) is 1. The Morgan fingerprint density at radius 3 is 2.70 bits per heavy atom. The SMILES string of the molecule is CC(NC(=O)N1CCCCC(N2CCCC2)C1)c1cnn(C)c1. The molecule has 3 heterocycles. The van der Waals surface area contributed by atoms with Crippen molar-refractivity contribution in [3.63, 3.8) is 0 Å². The van der Waals surface area contributed by atoms with Gasteiger partial charge in [-0.25, -0.2) is 4.79 Å². The largest absolute Gasteiger partial charge is 0.331 e. The molecular weight excluding hydrogens is 290 g/mol. The summed E-state index contributed by atoms with van der Waals surface area (Å²) in [6, 6.07) is 0.594.